The second-order valence-corrected chi connectivity index (χ2v) is 7.46. The fourth-order valence-corrected chi connectivity index (χ4v) is 3.15. The number of aliphatic carboxylic acids is 1. The van der Waals surface area contributed by atoms with Crippen LogP contribution in [0.2, 0.25) is 0 Å². The molecule has 0 bridgehead atoms. The van der Waals surface area contributed by atoms with Crippen LogP contribution < -0.4 is 0 Å². The van der Waals surface area contributed by atoms with Crippen LogP contribution >= 0.6 is 0 Å². The predicted molar refractivity (Wildman–Crippen MR) is 81.0 cm³/mol. The van der Waals surface area contributed by atoms with E-state index in [2.05, 4.69) is 0 Å². The molecule has 0 aromatic heterocycles. The highest BCUT2D eigenvalue weighted by Gasteiger charge is 2.39. The van der Waals surface area contributed by atoms with E-state index in [1.54, 1.807) is 4.90 Å². The molecule has 1 aliphatic rings. The third kappa shape index (κ3) is 4.90. The summed E-state index contributed by atoms with van der Waals surface area (Å²) in [5.41, 5.74) is -0.501. The maximum Gasteiger partial charge on any atom is 0.410 e. The van der Waals surface area contributed by atoms with Gasteiger partial charge in [0.1, 0.15) is 5.60 Å². The molecule has 1 N–H and O–H groups in total. The highest BCUT2D eigenvalue weighted by atomic mass is 16.6. The van der Waals surface area contributed by atoms with Gasteiger partial charge in [0.15, 0.2) is 0 Å². The van der Waals surface area contributed by atoms with Crippen molar-refractivity contribution >= 4 is 12.1 Å². The number of hydrogen-bond acceptors (Lipinski definition) is 3. The first-order valence-electron chi connectivity index (χ1n) is 7.73. The van der Waals surface area contributed by atoms with E-state index < -0.39 is 11.6 Å². The first-order chi connectivity index (χ1) is 9.53. The second-order valence-electron chi connectivity index (χ2n) is 7.46. The van der Waals surface area contributed by atoms with Gasteiger partial charge >= 0.3 is 12.1 Å². The van der Waals surface area contributed by atoms with E-state index in [0.29, 0.717) is 13.1 Å². The summed E-state index contributed by atoms with van der Waals surface area (Å²) in [6.45, 7) is 12.6. The number of piperidine rings is 1. The van der Waals surface area contributed by atoms with Gasteiger partial charge in [0.2, 0.25) is 0 Å². The normalized spacial score (nSPS) is 24.8. The lowest BCUT2D eigenvalue weighted by molar-refractivity contribution is -0.147. The minimum atomic E-state index is -0.729. The Morgan fingerprint density at radius 3 is 2.24 bits per heavy atom. The van der Waals surface area contributed by atoms with Crippen molar-refractivity contribution in [2.45, 2.75) is 53.6 Å². The van der Waals surface area contributed by atoms with Gasteiger partial charge in [-0.3, -0.25) is 4.79 Å². The Balaban J connectivity index is 2.70. The zero-order chi connectivity index (χ0) is 16.4. The lowest BCUT2D eigenvalue weighted by Gasteiger charge is -2.40. The number of rotatable bonds is 3. The first-order valence-corrected chi connectivity index (χ1v) is 7.73. The molecule has 1 rings (SSSR count). The van der Waals surface area contributed by atoms with Crippen LogP contribution in [0.25, 0.3) is 0 Å². The molecule has 3 atom stereocenters. The summed E-state index contributed by atoms with van der Waals surface area (Å²) in [5.74, 6) is -0.702. The molecule has 21 heavy (non-hydrogen) atoms. The van der Waals surface area contributed by atoms with E-state index >= 15 is 0 Å². The Morgan fingerprint density at radius 1 is 1.29 bits per heavy atom. The molecule has 0 aliphatic carbocycles. The van der Waals surface area contributed by atoms with Crippen LogP contribution in [0.15, 0.2) is 0 Å². The molecule has 5 heteroatoms. The van der Waals surface area contributed by atoms with E-state index in [1.165, 1.54) is 0 Å². The predicted octanol–water partition coefficient (Wildman–Crippen LogP) is 3.24. The van der Waals surface area contributed by atoms with Crippen LogP contribution in [-0.2, 0) is 9.53 Å². The third-order valence-corrected chi connectivity index (χ3v) is 4.09. The van der Waals surface area contributed by atoms with Gasteiger partial charge in [-0.1, -0.05) is 20.8 Å². The molecule has 3 unspecified atom stereocenters. The van der Waals surface area contributed by atoms with Crippen molar-refractivity contribution in [3.63, 3.8) is 0 Å². The minimum absolute atomic E-state index is 0.100. The molecule has 122 valence electrons. The highest BCUT2D eigenvalue weighted by molar-refractivity contribution is 5.71. The SMILES string of the molecule is CC(C)C(C(=O)O)C1CCN(C(=O)OC(C)(C)C)CC1C. The number of carboxylic acid groups (broad SMARTS) is 1. The molecule has 5 nitrogen and oxygen atoms in total. The van der Waals surface area contributed by atoms with E-state index in [-0.39, 0.29) is 29.8 Å². The van der Waals surface area contributed by atoms with Crippen molar-refractivity contribution < 1.29 is 19.4 Å². The molecule has 0 radical (unpaired) electrons. The quantitative estimate of drug-likeness (QED) is 0.868. The second kappa shape index (κ2) is 6.67. The fourth-order valence-electron chi connectivity index (χ4n) is 3.15. The van der Waals surface area contributed by atoms with Crippen molar-refractivity contribution in [1.29, 1.82) is 0 Å². The topological polar surface area (TPSA) is 66.8 Å². The monoisotopic (exact) mass is 299 g/mol. The highest BCUT2D eigenvalue weighted by Crippen LogP contribution is 2.34. The Hall–Kier alpha value is -1.26. The zero-order valence-electron chi connectivity index (χ0n) is 14.0. The number of carboxylic acids is 1. The van der Waals surface area contributed by atoms with Gasteiger partial charge in [-0.05, 0) is 44.9 Å². The molecular formula is C16H29NO4. The summed E-state index contributed by atoms with van der Waals surface area (Å²) < 4.78 is 5.39. The fraction of sp³-hybridized carbons (Fsp3) is 0.875. The summed E-state index contributed by atoms with van der Waals surface area (Å²) in [7, 11) is 0. The number of carbonyl (C=O) groups excluding carboxylic acids is 1. The molecule has 0 aromatic rings. The van der Waals surface area contributed by atoms with Crippen LogP contribution in [0.4, 0.5) is 4.79 Å². The third-order valence-electron chi connectivity index (χ3n) is 4.09. The van der Waals surface area contributed by atoms with E-state index in [4.69, 9.17) is 4.74 Å². The summed E-state index contributed by atoms with van der Waals surface area (Å²) in [5, 5.41) is 9.44. The Labute approximate surface area is 127 Å². The average Bonchev–Trinajstić information content (AvgIpc) is 2.28. The summed E-state index contributed by atoms with van der Waals surface area (Å²) in [6.07, 6.45) is 0.416. The van der Waals surface area contributed by atoms with Crippen molar-refractivity contribution in [3.05, 3.63) is 0 Å². The number of nitrogens with zero attached hydrogens (tertiary/aromatic N) is 1. The standard InChI is InChI=1S/C16H29NO4/c1-10(2)13(14(18)19)12-7-8-17(9-11(12)3)15(20)21-16(4,5)6/h10-13H,7-9H2,1-6H3,(H,18,19). The van der Waals surface area contributed by atoms with Gasteiger partial charge in [-0.15, -0.1) is 0 Å². The van der Waals surface area contributed by atoms with Gasteiger partial charge in [0.05, 0.1) is 5.92 Å². The Morgan fingerprint density at radius 2 is 1.86 bits per heavy atom. The summed E-state index contributed by atoms with van der Waals surface area (Å²) in [4.78, 5) is 25.3. The van der Waals surface area contributed by atoms with Gasteiger partial charge < -0.3 is 14.7 Å². The van der Waals surface area contributed by atoms with Crippen LogP contribution in [0, 0.1) is 23.7 Å². The van der Waals surface area contributed by atoms with Crippen molar-refractivity contribution in [2.24, 2.45) is 23.7 Å². The number of likely N-dealkylation sites (tertiary alicyclic amines) is 1. The molecule has 0 saturated carbocycles. The molecule has 1 saturated heterocycles. The van der Waals surface area contributed by atoms with Gasteiger partial charge in [0.25, 0.3) is 0 Å². The molecule has 1 heterocycles. The Kier molecular flexibility index (Phi) is 5.65. The molecule has 0 spiro atoms. The van der Waals surface area contributed by atoms with E-state index in [0.717, 1.165) is 6.42 Å². The molecule has 1 aliphatic heterocycles. The summed E-state index contributed by atoms with van der Waals surface area (Å²) in [6, 6.07) is 0. The summed E-state index contributed by atoms with van der Waals surface area (Å²) >= 11 is 0. The maximum absolute atomic E-state index is 12.1. The zero-order valence-corrected chi connectivity index (χ0v) is 14.0. The van der Waals surface area contributed by atoms with Crippen LogP contribution in [0.5, 0.6) is 0 Å². The van der Waals surface area contributed by atoms with E-state index in [1.807, 2.05) is 41.5 Å². The lowest BCUT2D eigenvalue weighted by atomic mass is 9.73. The number of amides is 1. The van der Waals surface area contributed by atoms with Crippen molar-refractivity contribution in [1.82, 2.24) is 4.90 Å². The first kappa shape index (κ1) is 17.8. The molecule has 1 fully saturated rings. The van der Waals surface area contributed by atoms with Gasteiger partial charge in [-0.2, -0.15) is 0 Å². The molecule has 0 aromatic carbocycles. The largest absolute Gasteiger partial charge is 0.481 e. The van der Waals surface area contributed by atoms with Crippen molar-refractivity contribution in [2.75, 3.05) is 13.1 Å². The van der Waals surface area contributed by atoms with E-state index in [9.17, 15) is 14.7 Å². The molecular weight excluding hydrogens is 270 g/mol. The Bertz CT molecular complexity index is 386. The maximum atomic E-state index is 12.1. The molecule has 1 amide bonds. The van der Waals surface area contributed by atoms with Gasteiger partial charge in [0, 0.05) is 13.1 Å². The van der Waals surface area contributed by atoms with Crippen LogP contribution in [-0.4, -0.2) is 40.8 Å². The minimum Gasteiger partial charge on any atom is -0.481 e. The number of hydrogen-bond donors (Lipinski definition) is 1. The van der Waals surface area contributed by atoms with Crippen molar-refractivity contribution in [3.8, 4) is 0 Å². The van der Waals surface area contributed by atoms with Crippen LogP contribution in [0.1, 0.15) is 48.0 Å². The lowest BCUT2D eigenvalue weighted by Crippen LogP contribution is -2.48. The average molecular weight is 299 g/mol. The number of ether oxygens (including phenoxy) is 1. The smallest absolute Gasteiger partial charge is 0.410 e. The van der Waals surface area contributed by atoms with Gasteiger partial charge in [-0.25, -0.2) is 4.79 Å². The van der Waals surface area contributed by atoms with Crippen LogP contribution in [0.3, 0.4) is 0 Å². The number of carbonyl (C=O) groups is 2.